The summed E-state index contributed by atoms with van der Waals surface area (Å²) in [7, 11) is 3.49. The molecule has 4 heterocycles. The summed E-state index contributed by atoms with van der Waals surface area (Å²) < 4.78 is 23.7. The summed E-state index contributed by atoms with van der Waals surface area (Å²) in [5, 5.41) is 11.5. The highest BCUT2D eigenvalue weighted by Gasteiger charge is 2.29. The molecule has 10 nitrogen and oxygen atoms in total. The van der Waals surface area contributed by atoms with Crippen molar-refractivity contribution < 1.29 is 18.7 Å². The Bertz CT molecular complexity index is 1650. The number of H-pyrrole nitrogens is 1. The lowest BCUT2D eigenvalue weighted by Gasteiger charge is -2.28. The summed E-state index contributed by atoms with van der Waals surface area (Å²) in [4.78, 5) is 33.2. The number of rotatable bonds is 8. The fraction of sp³-hybridized carbons (Fsp3) is 0.355. The smallest absolute Gasteiger partial charge is 0.270 e. The summed E-state index contributed by atoms with van der Waals surface area (Å²) in [5.74, 6) is 0.0162. The number of halogens is 1. The number of hydrogen-bond donors (Lipinski definition) is 2. The highest BCUT2D eigenvalue weighted by molar-refractivity contribution is 6.05. The van der Waals surface area contributed by atoms with Crippen LogP contribution in [-0.2, 0) is 11.3 Å². The average molecular weight is 572 g/mol. The molecule has 6 rings (SSSR count). The number of likely N-dealkylation sites (N-methyl/N-ethyl adjacent to an activating group) is 1. The van der Waals surface area contributed by atoms with E-state index in [1.165, 1.54) is 0 Å². The lowest BCUT2D eigenvalue weighted by molar-refractivity contribution is -0.131. The summed E-state index contributed by atoms with van der Waals surface area (Å²) in [6.45, 7) is 2.52. The number of likely N-dealkylation sites (tertiary alicyclic amines) is 1. The van der Waals surface area contributed by atoms with E-state index in [-0.39, 0.29) is 36.3 Å². The van der Waals surface area contributed by atoms with E-state index in [1.807, 2.05) is 43.5 Å². The maximum atomic E-state index is 16.4. The molecule has 1 atom stereocenters. The van der Waals surface area contributed by atoms with E-state index in [1.54, 1.807) is 40.1 Å². The number of aromatic amines is 1. The van der Waals surface area contributed by atoms with Gasteiger partial charge in [-0.05, 0) is 49.2 Å². The predicted molar refractivity (Wildman–Crippen MR) is 157 cm³/mol. The van der Waals surface area contributed by atoms with E-state index in [0.717, 1.165) is 23.1 Å². The second kappa shape index (κ2) is 11.8. The number of carbonyl (C=O) groups is 2. The van der Waals surface area contributed by atoms with Gasteiger partial charge in [-0.3, -0.25) is 14.3 Å². The molecule has 1 saturated heterocycles. The van der Waals surface area contributed by atoms with Crippen molar-refractivity contribution in [3.63, 3.8) is 0 Å². The molecule has 2 aliphatic heterocycles. The number of nitrogens with zero attached hydrogens (tertiary/aromatic N) is 5. The summed E-state index contributed by atoms with van der Waals surface area (Å²) in [5.41, 5.74) is 3.27. The number of amides is 2. The Hall–Kier alpha value is -4.51. The zero-order valence-electron chi connectivity index (χ0n) is 23.8. The molecule has 2 aromatic carbocycles. The standard InChI is InChI=1S/C31H34FN7O3/c1-33-21-9-13-38(19-21)31(41)26-17-25-24(22-7-3-4-8-27(22)42-2)16-23(29(32)30(25)35-26)20-6-5-12-37(18-20)28(40)10-14-39-15-11-34-36-39/h3-4,6-8,11,15-17,21,33,35H,5,9-10,12-14,18-19H2,1-2H3/t21-/m1/s1. The van der Waals surface area contributed by atoms with E-state index in [0.29, 0.717) is 55.0 Å². The quantitative estimate of drug-likeness (QED) is 0.334. The van der Waals surface area contributed by atoms with Crippen molar-refractivity contribution in [3.05, 3.63) is 71.9 Å². The van der Waals surface area contributed by atoms with Gasteiger partial charge in [0.25, 0.3) is 5.91 Å². The molecule has 2 aliphatic rings. The molecular weight excluding hydrogens is 537 g/mol. The van der Waals surface area contributed by atoms with E-state index in [9.17, 15) is 9.59 Å². The maximum Gasteiger partial charge on any atom is 0.270 e. The second-order valence-electron chi connectivity index (χ2n) is 10.7. The van der Waals surface area contributed by atoms with Crippen LogP contribution in [0.4, 0.5) is 4.39 Å². The van der Waals surface area contributed by atoms with Crippen LogP contribution in [-0.4, -0.2) is 88.0 Å². The zero-order valence-corrected chi connectivity index (χ0v) is 23.8. The third kappa shape index (κ3) is 5.27. The van der Waals surface area contributed by atoms with Gasteiger partial charge >= 0.3 is 0 Å². The monoisotopic (exact) mass is 571 g/mol. The van der Waals surface area contributed by atoms with Gasteiger partial charge in [-0.15, -0.1) is 5.10 Å². The summed E-state index contributed by atoms with van der Waals surface area (Å²) >= 11 is 0. The second-order valence-corrected chi connectivity index (χ2v) is 10.7. The number of nitrogens with one attached hydrogen (secondary N) is 2. The molecule has 0 saturated carbocycles. The lowest BCUT2D eigenvalue weighted by Crippen LogP contribution is -2.36. The molecule has 42 heavy (non-hydrogen) atoms. The van der Waals surface area contributed by atoms with E-state index >= 15 is 4.39 Å². The van der Waals surface area contributed by atoms with Crippen molar-refractivity contribution in [2.45, 2.75) is 31.8 Å². The van der Waals surface area contributed by atoms with Crippen molar-refractivity contribution in [2.24, 2.45) is 0 Å². The molecular formula is C31H34FN7O3. The van der Waals surface area contributed by atoms with Gasteiger partial charge in [0.15, 0.2) is 5.82 Å². The van der Waals surface area contributed by atoms with E-state index < -0.39 is 5.82 Å². The molecule has 2 amide bonds. The third-order valence-electron chi connectivity index (χ3n) is 8.24. The highest BCUT2D eigenvalue weighted by atomic mass is 19.1. The van der Waals surface area contributed by atoms with Crippen LogP contribution in [0.5, 0.6) is 5.75 Å². The SMILES string of the molecule is CN[C@@H]1CCN(C(=O)c2cc3c(-c4ccccc4OC)cc(C4=CCCN(C(=O)CCn5ccnn5)C4)c(F)c3[nH]2)C1. The minimum absolute atomic E-state index is 0.0271. The normalized spacial score (nSPS) is 17.1. The van der Waals surface area contributed by atoms with Gasteiger partial charge in [-0.2, -0.15) is 0 Å². The Labute approximate surface area is 243 Å². The van der Waals surface area contributed by atoms with Gasteiger partial charge in [0.2, 0.25) is 5.91 Å². The summed E-state index contributed by atoms with van der Waals surface area (Å²) in [6, 6.07) is 11.4. The van der Waals surface area contributed by atoms with Crippen molar-refractivity contribution in [2.75, 3.05) is 40.3 Å². The highest BCUT2D eigenvalue weighted by Crippen LogP contribution is 2.40. The van der Waals surface area contributed by atoms with Crippen LogP contribution in [0, 0.1) is 5.82 Å². The Morgan fingerprint density at radius 1 is 1.14 bits per heavy atom. The lowest BCUT2D eigenvalue weighted by atomic mass is 9.93. The first-order valence-electron chi connectivity index (χ1n) is 14.2. The van der Waals surface area contributed by atoms with Crippen molar-refractivity contribution in [1.82, 2.24) is 35.1 Å². The van der Waals surface area contributed by atoms with Crippen LogP contribution in [0.25, 0.3) is 27.6 Å². The fourth-order valence-corrected chi connectivity index (χ4v) is 5.92. The van der Waals surface area contributed by atoms with Crippen LogP contribution in [0.15, 0.2) is 54.9 Å². The Kier molecular flexibility index (Phi) is 7.75. The zero-order chi connectivity index (χ0) is 29.2. The molecule has 0 bridgehead atoms. The van der Waals surface area contributed by atoms with E-state index in [2.05, 4.69) is 20.6 Å². The van der Waals surface area contributed by atoms with Crippen LogP contribution in [0.3, 0.4) is 0 Å². The number of carbonyl (C=O) groups excluding carboxylic acids is 2. The first kappa shape index (κ1) is 27.6. The van der Waals surface area contributed by atoms with Gasteiger partial charge in [-0.25, -0.2) is 4.39 Å². The molecule has 2 aromatic heterocycles. The minimum Gasteiger partial charge on any atom is -0.496 e. The number of benzene rings is 2. The fourth-order valence-electron chi connectivity index (χ4n) is 5.92. The average Bonchev–Trinajstić information content (AvgIpc) is 3.81. The number of methoxy groups -OCH3 is 1. The van der Waals surface area contributed by atoms with Crippen molar-refractivity contribution >= 4 is 28.3 Å². The molecule has 0 radical (unpaired) electrons. The Balaban J connectivity index is 1.37. The van der Waals surface area contributed by atoms with Gasteiger partial charge < -0.3 is 24.8 Å². The first-order chi connectivity index (χ1) is 20.5. The maximum absolute atomic E-state index is 16.4. The third-order valence-corrected chi connectivity index (χ3v) is 8.24. The van der Waals surface area contributed by atoms with Crippen LogP contribution in [0.2, 0.25) is 0 Å². The number of hydrogen-bond acceptors (Lipinski definition) is 6. The Morgan fingerprint density at radius 3 is 2.76 bits per heavy atom. The number of aryl methyl sites for hydroxylation is 1. The number of para-hydroxylation sites is 1. The number of aromatic nitrogens is 4. The molecule has 11 heteroatoms. The predicted octanol–water partition coefficient (Wildman–Crippen LogP) is 3.71. The molecule has 218 valence electrons. The molecule has 0 unspecified atom stereocenters. The Morgan fingerprint density at radius 2 is 2.00 bits per heavy atom. The van der Waals surface area contributed by atoms with Crippen molar-refractivity contribution in [1.29, 1.82) is 0 Å². The molecule has 1 fully saturated rings. The topological polar surface area (TPSA) is 108 Å². The van der Waals surface area contributed by atoms with Gasteiger partial charge in [-0.1, -0.05) is 29.5 Å². The molecule has 2 N–H and O–H groups in total. The number of fused-ring (bicyclic) bond motifs is 1. The largest absolute Gasteiger partial charge is 0.496 e. The van der Waals surface area contributed by atoms with Gasteiger partial charge in [0.05, 0.1) is 25.4 Å². The van der Waals surface area contributed by atoms with E-state index in [4.69, 9.17) is 4.74 Å². The van der Waals surface area contributed by atoms with Crippen LogP contribution in [0.1, 0.15) is 35.3 Å². The van der Waals surface area contributed by atoms with Gasteiger partial charge in [0, 0.05) is 61.4 Å². The van der Waals surface area contributed by atoms with Crippen LogP contribution >= 0.6 is 0 Å². The number of ether oxygens (including phenoxy) is 1. The minimum atomic E-state index is -0.444. The molecule has 0 spiro atoms. The molecule has 4 aromatic rings. The summed E-state index contributed by atoms with van der Waals surface area (Å²) in [6.07, 6.45) is 7.05. The molecule has 0 aliphatic carbocycles. The van der Waals surface area contributed by atoms with Crippen molar-refractivity contribution in [3.8, 4) is 16.9 Å². The van der Waals surface area contributed by atoms with Crippen LogP contribution < -0.4 is 10.1 Å². The first-order valence-corrected chi connectivity index (χ1v) is 14.2. The van der Waals surface area contributed by atoms with Gasteiger partial charge in [0.1, 0.15) is 11.4 Å².